The van der Waals surface area contributed by atoms with Crippen molar-refractivity contribution >= 4 is 34.8 Å². The topological polar surface area (TPSA) is 44.2 Å². The molecule has 0 unspecified atom stereocenters. The molecule has 0 saturated heterocycles. The van der Waals surface area contributed by atoms with E-state index < -0.39 is 0 Å². The second-order valence-electron chi connectivity index (χ2n) is 6.09. The molecule has 4 rings (SSSR count). The molecule has 0 N–H and O–H groups in total. The first-order valence-corrected chi connectivity index (χ1v) is 9.51. The lowest BCUT2D eigenvalue weighted by Crippen LogP contribution is -2.24. The molecule has 2 saturated carbocycles. The molecular weight excluding hydrogens is 383 g/mol. The lowest BCUT2D eigenvalue weighted by Gasteiger charge is -2.26. The molecule has 0 amide bonds. The molecule has 2 aliphatic rings. The normalized spacial score (nSPS) is 16.9. The van der Waals surface area contributed by atoms with Crippen LogP contribution in [0.4, 0.5) is 0 Å². The van der Waals surface area contributed by atoms with Crippen LogP contribution in [0, 0.1) is 0 Å². The number of aromatic nitrogens is 2. The summed E-state index contributed by atoms with van der Waals surface area (Å²) in [6.07, 6.45) is 7.77. The first-order valence-electron chi connectivity index (χ1n) is 8.37. The summed E-state index contributed by atoms with van der Waals surface area (Å²) in [5, 5.41) is 1.25. The van der Waals surface area contributed by atoms with Gasteiger partial charge in [0.25, 0.3) is 0 Å². The molecule has 7 heteroatoms. The Balaban J connectivity index is 0.000000146. The average molecular weight is 402 g/mol. The van der Waals surface area contributed by atoms with Gasteiger partial charge >= 0.3 is 0 Å². The number of halogens is 3. The second kappa shape index (κ2) is 8.93. The average Bonchev–Trinajstić information content (AvgIpc) is 2.47. The molecule has 0 aromatic carbocycles. The third kappa shape index (κ3) is 5.91. The van der Waals surface area contributed by atoms with E-state index in [1.165, 1.54) is 12.8 Å². The van der Waals surface area contributed by atoms with Crippen LogP contribution in [0.2, 0.25) is 15.5 Å². The molecule has 2 aromatic rings. The molecule has 2 aromatic heterocycles. The van der Waals surface area contributed by atoms with Gasteiger partial charge in [-0.1, -0.05) is 40.9 Å². The van der Waals surface area contributed by atoms with Gasteiger partial charge in [0.2, 0.25) is 5.88 Å². The number of pyridine rings is 2. The van der Waals surface area contributed by atoms with E-state index >= 15 is 0 Å². The van der Waals surface area contributed by atoms with E-state index in [1.54, 1.807) is 18.2 Å². The van der Waals surface area contributed by atoms with E-state index in [1.807, 2.05) is 12.1 Å². The van der Waals surface area contributed by atoms with Crippen LogP contribution < -0.4 is 9.47 Å². The number of hydrogen-bond donors (Lipinski definition) is 0. The van der Waals surface area contributed by atoms with E-state index in [2.05, 4.69) is 9.97 Å². The quantitative estimate of drug-likeness (QED) is 0.591. The number of nitrogens with zero attached hydrogens (tertiary/aromatic N) is 2. The largest absolute Gasteiger partial charge is 0.490 e. The molecule has 0 radical (unpaired) electrons. The van der Waals surface area contributed by atoms with Crippen LogP contribution in [0.5, 0.6) is 11.6 Å². The number of ether oxygens (including phenoxy) is 2. The highest BCUT2D eigenvalue weighted by molar-refractivity contribution is 6.32. The maximum absolute atomic E-state index is 5.72. The van der Waals surface area contributed by atoms with Crippen molar-refractivity contribution in [1.29, 1.82) is 0 Å². The molecule has 0 spiro atoms. The number of rotatable bonds is 4. The van der Waals surface area contributed by atoms with Crippen LogP contribution in [0.25, 0.3) is 0 Å². The smallest absolute Gasteiger partial charge is 0.214 e. The summed E-state index contributed by atoms with van der Waals surface area (Å²) >= 11 is 17.1. The molecule has 2 aliphatic carbocycles. The van der Waals surface area contributed by atoms with Gasteiger partial charge in [0.05, 0.1) is 6.10 Å². The summed E-state index contributed by atoms with van der Waals surface area (Å²) in [5.74, 6) is 1.36. The van der Waals surface area contributed by atoms with E-state index in [0.717, 1.165) is 31.4 Å². The standard InChI is InChI=1S/C9H9Cl2NO.C9H10ClNO/c10-8-4-7(5-9(11)12-8)13-6-2-1-3-6;10-8-5-2-6-9(11-8)12-7-3-1-4-7/h4-6H,1-3H2;2,5-7H,1,3-4H2. The first kappa shape index (κ1) is 18.6. The summed E-state index contributed by atoms with van der Waals surface area (Å²) in [4.78, 5) is 7.87. The summed E-state index contributed by atoms with van der Waals surface area (Å²) in [7, 11) is 0. The lowest BCUT2D eigenvalue weighted by molar-refractivity contribution is 0.114. The van der Waals surface area contributed by atoms with Crippen molar-refractivity contribution in [2.75, 3.05) is 0 Å². The zero-order valence-electron chi connectivity index (χ0n) is 13.6. The highest BCUT2D eigenvalue weighted by Crippen LogP contribution is 2.28. The molecule has 0 aliphatic heterocycles. The van der Waals surface area contributed by atoms with Gasteiger partial charge < -0.3 is 9.47 Å². The summed E-state index contributed by atoms with van der Waals surface area (Å²) < 4.78 is 11.1. The van der Waals surface area contributed by atoms with Crippen LogP contribution in [-0.2, 0) is 0 Å². The summed E-state index contributed by atoms with van der Waals surface area (Å²) in [6.45, 7) is 0. The Morgan fingerprint density at radius 3 is 1.88 bits per heavy atom. The molecule has 134 valence electrons. The van der Waals surface area contributed by atoms with Gasteiger partial charge in [-0.05, 0) is 44.6 Å². The zero-order valence-corrected chi connectivity index (χ0v) is 15.9. The Morgan fingerprint density at radius 1 is 0.760 bits per heavy atom. The number of hydrogen-bond acceptors (Lipinski definition) is 4. The third-order valence-electron chi connectivity index (χ3n) is 4.12. The highest BCUT2D eigenvalue weighted by Gasteiger charge is 2.20. The van der Waals surface area contributed by atoms with Gasteiger partial charge in [-0.25, -0.2) is 9.97 Å². The summed E-state index contributed by atoms with van der Waals surface area (Å²) in [5.41, 5.74) is 0. The minimum Gasteiger partial charge on any atom is -0.490 e. The minimum absolute atomic E-state index is 0.342. The molecule has 2 heterocycles. The zero-order chi connectivity index (χ0) is 17.6. The van der Waals surface area contributed by atoms with Gasteiger partial charge in [0.1, 0.15) is 27.3 Å². The third-order valence-corrected chi connectivity index (χ3v) is 4.72. The Kier molecular flexibility index (Phi) is 6.63. The molecule has 25 heavy (non-hydrogen) atoms. The van der Waals surface area contributed by atoms with Crippen LogP contribution in [-0.4, -0.2) is 22.2 Å². The fourth-order valence-corrected chi connectivity index (χ4v) is 2.90. The van der Waals surface area contributed by atoms with Crippen LogP contribution in [0.15, 0.2) is 30.3 Å². The van der Waals surface area contributed by atoms with Crippen molar-refractivity contribution in [2.24, 2.45) is 0 Å². The Morgan fingerprint density at radius 2 is 1.36 bits per heavy atom. The fraction of sp³-hybridized carbons (Fsp3) is 0.444. The van der Waals surface area contributed by atoms with E-state index in [0.29, 0.717) is 33.5 Å². The second-order valence-corrected chi connectivity index (χ2v) is 7.25. The van der Waals surface area contributed by atoms with Crippen LogP contribution in [0.1, 0.15) is 38.5 Å². The van der Waals surface area contributed by atoms with Gasteiger partial charge in [0.15, 0.2) is 0 Å². The fourth-order valence-electron chi connectivity index (χ4n) is 2.31. The Hall–Kier alpha value is -1.23. The van der Waals surface area contributed by atoms with Gasteiger partial charge in [-0.2, -0.15) is 0 Å². The molecule has 2 fully saturated rings. The predicted octanol–water partition coefficient (Wildman–Crippen LogP) is 5.99. The summed E-state index contributed by atoms with van der Waals surface area (Å²) in [6, 6.07) is 8.81. The Bertz CT molecular complexity index is 686. The SMILES string of the molecule is Clc1cc(OC2CCC2)cc(Cl)n1.Clc1cccc(OC2CCC2)n1. The molecular formula is C18H19Cl3N2O2. The van der Waals surface area contributed by atoms with Crippen molar-refractivity contribution in [2.45, 2.75) is 50.7 Å². The van der Waals surface area contributed by atoms with Gasteiger partial charge in [0, 0.05) is 18.2 Å². The predicted molar refractivity (Wildman–Crippen MR) is 100 cm³/mol. The monoisotopic (exact) mass is 400 g/mol. The van der Waals surface area contributed by atoms with Crippen molar-refractivity contribution in [3.63, 3.8) is 0 Å². The maximum Gasteiger partial charge on any atom is 0.214 e. The van der Waals surface area contributed by atoms with E-state index in [-0.39, 0.29) is 0 Å². The first-order chi connectivity index (χ1) is 12.1. The molecule has 0 atom stereocenters. The van der Waals surface area contributed by atoms with Gasteiger partial charge in [-0.15, -0.1) is 0 Å². The molecule has 0 bridgehead atoms. The Labute approximate surface area is 162 Å². The minimum atomic E-state index is 0.342. The van der Waals surface area contributed by atoms with Crippen molar-refractivity contribution in [1.82, 2.24) is 9.97 Å². The lowest BCUT2D eigenvalue weighted by atomic mass is 9.96. The van der Waals surface area contributed by atoms with E-state index in [4.69, 9.17) is 44.3 Å². The van der Waals surface area contributed by atoms with Gasteiger partial charge in [-0.3, -0.25) is 0 Å². The van der Waals surface area contributed by atoms with Crippen LogP contribution >= 0.6 is 34.8 Å². The van der Waals surface area contributed by atoms with Crippen molar-refractivity contribution < 1.29 is 9.47 Å². The van der Waals surface area contributed by atoms with Crippen molar-refractivity contribution in [3.05, 3.63) is 45.8 Å². The maximum atomic E-state index is 5.72. The van der Waals surface area contributed by atoms with Crippen molar-refractivity contribution in [3.8, 4) is 11.6 Å². The van der Waals surface area contributed by atoms with E-state index in [9.17, 15) is 0 Å². The van der Waals surface area contributed by atoms with Crippen LogP contribution in [0.3, 0.4) is 0 Å². The highest BCUT2D eigenvalue weighted by atomic mass is 35.5. The molecule has 4 nitrogen and oxygen atoms in total.